The van der Waals surface area contributed by atoms with E-state index in [0.29, 0.717) is 5.57 Å². The third-order valence-corrected chi connectivity index (χ3v) is 2.85. The molecule has 1 rings (SSSR count). The average molecular weight is 233 g/mol. The van der Waals surface area contributed by atoms with Crippen LogP contribution >= 0.6 is 0 Å². The first-order chi connectivity index (χ1) is 7.97. The molecule has 3 nitrogen and oxygen atoms in total. The van der Waals surface area contributed by atoms with Crippen LogP contribution in [0.1, 0.15) is 25.0 Å². The van der Waals surface area contributed by atoms with Crippen molar-refractivity contribution in [2.45, 2.75) is 27.7 Å². The number of aryl methyl sites for hydroxylation is 2. The summed E-state index contributed by atoms with van der Waals surface area (Å²) in [6.07, 6.45) is 0. The lowest BCUT2D eigenvalue weighted by Gasteiger charge is -2.14. The van der Waals surface area contributed by atoms with Gasteiger partial charge in [0.05, 0.1) is 12.7 Å². The topological polar surface area (TPSA) is 38.3 Å². The second kappa shape index (κ2) is 5.53. The predicted octanol–water partition coefficient (Wildman–Crippen LogP) is 3.18. The van der Waals surface area contributed by atoms with Gasteiger partial charge < -0.3 is 10.1 Å². The zero-order chi connectivity index (χ0) is 13.0. The molecule has 0 radical (unpaired) electrons. The van der Waals surface area contributed by atoms with Gasteiger partial charge in [0.25, 0.3) is 0 Å². The van der Waals surface area contributed by atoms with E-state index in [9.17, 15) is 4.79 Å². The van der Waals surface area contributed by atoms with Gasteiger partial charge in [-0.2, -0.15) is 0 Å². The molecule has 17 heavy (non-hydrogen) atoms. The van der Waals surface area contributed by atoms with Crippen LogP contribution in [0.2, 0.25) is 0 Å². The number of methoxy groups -OCH3 is 1. The molecule has 0 aliphatic carbocycles. The first kappa shape index (κ1) is 13.3. The van der Waals surface area contributed by atoms with Crippen LogP contribution in [0.3, 0.4) is 0 Å². The SMILES string of the molecule is COC(=O)/C(C)=C(\C)Nc1c(C)cccc1C. The monoisotopic (exact) mass is 233 g/mol. The average Bonchev–Trinajstić information content (AvgIpc) is 2.31. The Hall–Kier alpha value is -1.77. The Bertz CT molecular complexity index is 441. The summed E-state index contributed by atoms with van der Waals surface area (Å²) in [5.74, 6) is -0.304. The summed E-state index contributed by atoms with van der Waals surface area (Å²) in [5.41, 5.74) is 4.77. The summed E-state index contributed by atoms with van der Waals surface area (Å²) in [5, 5.41) is 3.27. The minimum atomic E-state index is -0.304. The van der Waals surface area contributed by atoms with E-state index in [1.807, 2.05) is 39.0 Å². The third-order valence-electron chi connectivity index (χ3n) is 2.85. The fourth-order valence-corrected chi connectivity index (χ4v) is 1.60. The molecule has 1 aromatic rings. The van der Waals surface area contributed by atoms with Crippen LogP contribution < -0.4 is 5.32 Å². The van der Waals surface area contributed by atoms with Crippen molar-refractivity contribution in [3.63, 3.8) is 0 Å². The van der Waals surface area contributed by atoms with Gasteiger partial charge in [-0.1, -0.05) is 18.2 Å². The Kier molecular flexibility index (Phi) is 4.32. The lowest BCUT2D eigenvalue weighted by molar-refractivity contribution is -0.136. The molecule has 0 aromatic heterocycles. The Morgan fingerprint density at radius 3 is 2.18 bits per heavy atom. The van der Waals surface area contributed by atoms with Gasteiger partial charge in [0.2, 0.25) is 0 Å². The Balaban J connectivity index is 3.03. The van der Waals surface area contributed by atoms with Crippen LogP contribution in [0.4, 0.5) is 5.69 Å². The number of nitrogens with one attached hydrogen (secondary N) is 1. The van der Waals surface area contributed by atoms with E-state index in [1.54, 1.807) is 6.92 Å². The molecule has 3 heteroatoms. The molecule has 0 atom stereocenters. The van der Waals surface area contributed by atoms with E-state index >= 15 is 0 Å². The molecule has 1 N–H and O–H groups in total. The van der Waals surface area contributed by atoms with E-state index in [-0.39, 0.29) is 5.97 Å². The van der Waals surface area contributed by atoms with Crippen LogP contribution in [-0.4, -0.2) is 13.1 Å². The predicted molar refractivity (Wildman–Crippen MR) is 69.9 cm³/mol. The highest BCUT2D eigenvalue weighted by Gasteiger charge is 2.09. The molecule has 0 saturated carbocycles. The maximum atomic E-state index is 11.4. The number of carbonyl (C=O) groups is 1. The van der Waals surface area contributed by atoms with E-state index in [1.165, 1.54) is 7.11 Å². The Morgan fingerprint density at radius 1 is 1.18 bits per heavy atom. The van der Waals surface area contributed by atoms with Crippen molar-refractivity contribution in [3.8, 4) is 0 Å². The number of esters is 1. The minimum absolute atomic E-state index is 0.304. The number of hydrogen-bond acceptors (Lipinski definition) is 3. The number of benzene rings is 1. The molecule has 0 bridgehead atoms. The largest absolute Gasteiger partial charge is 0.466 e. The van der Waals surface area contributed by atoms with Gasteiger partial charge in [-0.05, 0) is 38.8 Å². The van der Waals surface area contributed by atoms with Gasteiger partial charge >= 0.3 is 5.97 Å². The molecular formula is C14H19NO2. The van der Waals surface area contributed by atoms with E-state index in [4.69, 9.17) is 4.74 Å². The van der Waals surface area contributed by atoms with Crippen molar-refractivity contribution in [1.82, 2.24) is 0 Å². The number of ether oxygens (including phenoxy) is 1. The second-order valence-electron chi connectivity index (χ2n) is 4.13. The number of allylic oxidation sites excluding steroid dienone is 1. The third kappa shape index (κ3) is 3.09. The summed E-state index contributed by atoms with van der Waals surface area (Å²) in [6, 6.07) is 6.09. The van der Waals surface area contributed by atoms with Crippen LogP contribution in [0.5, 0.6) is 0 Å². The number of hydrogen-bond donors (Lipinski definition) is 1. The molecule has 0 heterocycles. The minimum Gasteiger partial charge on any atom is -0.466 e. The van der Waals surface area contributed by atoms with Gasteiger partial charge in [-0.15, -0.1) is 0 Å². The molecule has 0 aliphatic rings. The van der Waals surface area contributed by atoms with Gasteiger partial charge in [-0.3, -0.25) is 0 Å². The normalized spacial score (nSPS) is 11.8. The van der Waals surface area contributed by atoms with Gasteiger partial charge in [0, 0.05) is 11.4 Å². The first-order valence-corrected chi connectivity index (χ1v) is 5.56. The van der Waals surface area contributed by atoms with Gasteiger partial charge in [0.15, 0.2) is 0 Å². The number of carbonyl (C=O) groups excluding carboxylic acids is 1. The lowest BCUT2D eigenvalue weighted by atomic mass is 10.1. The standard InChI is InChI=1S/C14H19NO2/c1-9-7-6-8-10(2)13(9)15-12(4)11(3)14(16)17-5/h6-8,15H,1-5H3/b12-11+. The van der Waals surface area contributed by atoms with Crippen LogP contribution in [-0.2, 0) is 9.53 Å². The number of rotatable bonds is 3. The molecule has 0 saturated heterocycles. The summed E-state index contributed by atoms with van der Waals surface area (Å²) < 4.78 is 4.69. The van der Waals surface area contributed by atoms with Crippen molar-refractivity contribution >= 4 is 11.7 Å². The Morgan fingerprint density at radius 2 is 1.71 bits per heavy atom. The molecule has 0 spiro atoms. The lowest BCUT2D eigenvalue weighted by Crippen LogP contribution is -2.09. The summed E-state index contributed by atoms with van der Waals surface area (Å²) >= 11 is 0. The highest BCUT2D eigenvalue weighted by molar-refractivity contribution is 5.89. The highest BCUT2D eigenvalue weighted by Crippen LogP contribution is 2.22. The van der Waals surface area contributed by atoms with Gasteiger partial charge in [0.1, 0.15) is 0 Å². The van der Waals surface area contributed by atoms with Crippen molar-refractivity contribution in [2.75, 3.05) is 12.4 Å². The number of para-hydroxylation sites is 1. The fourth-order valence-electron chi connectivity index (χ4n) is 1.60. The zero-order valence-corrected chi connectivity index (χ0v) is 11.0. The molecular weight excluding hydrogens is 214 g/mol. The molecule has 92 valence electrons. The molecule has 1 aromatic carbocycles. The van der Waals surface area contributed by atoms with Crippen LogP contribution in [0, 0.1) is 13.8 Å². The molecule has 0 amide bonds. The van der Waals surface area contributed by atoms with Crippen molar-refractivity contribution in [1.29, 1.82) is 0 Å². The van der Waals surface area contributed by atoms with Crippen LogP contribution in [0.25, 0.3) is 0 Å². The highest BCUT2D eigenvalue weighted by atomic mass is 16.5. The Labute approximate surface area is 102 Å². The second-order valence-corrected chi connectivity index (χ2v) is 4.13. The van der Waals surface area contributed by atoms with Gasteiger partial charge in [-0.25, -0.2) is 4.79 Å². The fraction of sp³-hybridized carbons (Fsp3) is 0.357. The molecule has 0 fully saturated rings. The first-order valence-electron chi connectivity index (χ1n) is 5.56. The maximum Gasteiger partial charge on any atom is 0.335 e. The smallest absolute Gasteiger partial charge is 0.335 e. The molecule has 0 unspecified atom stereocenters. The van der Waals surface area contributed by atoms with Crippen LogP contribution in [0.15, 0.2) is 29.5 Å². The summed E-state index contributed by atoms with van der Waals surface area (Å²) in [4.78, 5) is 11.4. The molecule has 0 aliphatic heterocycles. The maximum absolute atomic E-state index is 11.4. The summed E-state index contributed by atoms with van der Waals surface area (Å²) in [6.45, 7) is 7.70. The van der Waals surface area contributed by atoms with Crippen molar-refractivity contribution in [3.05, 3.63) is 40.6 Å². The van der Waals surface area contributed by atoms with E-state index in [2.05, 4.69) is 5.32 Å². The summed E-state index contributed by atoms with van der Waals surface area (Å²) in [7, 11) is 1.39. The van der Waals surface area contributed by atoms with Crippen molar-refractivity contribution < 1.29 is 9.53 Å². The zero-order valence-electron chi connectivity index (χ0n) is 11.0. The van der Waals surface area contributed by atoms with E-state index < -0.39 is 0 Å². The quantitative estimate of drug-likeness (QED) is 0.643. The number of anilines is 1. The van der Waals surface area contributed by atoms with E-state index in [0.717, 1.165) is 22.5 Å². The van der Waals surface area contributed by atoms with Crippen molar-refractivity contribution in [2.24, 2.45) is 0 Å².